The minimum atomic E-state index is -1.44. The summed E-state index contributed by atoms with van der Waals surface area (Å²) >= 11 is 0. The minimum Gasteiger partial charge on any atom is -0.460 e. The molecule has 2 aliphatic heterocycles. The molecule has 2 heterocycles. The lowest BCUT2D eigenvalue weighted by Crippen LogP contribution is -2.58. The monoisotopic (exact) mass is 524 g/mol. The highest BCUT2D eigenvalue weighted by molar-refractivity contribution is 5.70. The Morgan fingerprint density at radius 2 is 1.78 bits per heavy atom. The van der Waals surface area contributed by atoms with E-state index in [-0.39, 0.29) is 49.4 Å². The van der Waals surface area contributed by atoms with Gasteiger partial charge in [0.25, 0.3) is 0 Å². The molecule has 2 N–H and O–H groups in total. The number of hydrogen-bond donors (Lipinski definition) is 2. The van der Waals surface area contributed by atoms with E-state index in [9.17, 15) is 24.6 Å². The molecule has 0 spiro atoms. The molecule has 0 aromatic carbocycles. The fraction of sp³-hybridized carbons (Fsp3) is 0.821. The summed E-state index contributed by atoms with van der Waals surface area (Å²) in [7, 11) is 0. The standard InChI is InChI=1S/C28H44O9/c1-9-10-20(31)37-28(8)12-11-19(34-16(5)29)27(7,33)13-18-22-15(4)24(32)25(35-17(6)30)21(14(2)3)23(22)26(28)36-18/h14,18-19,21-26,32-33H,4,9-13H2,1-3,5-8H3/t18-,19+,21-,22-,23-,24-,25+,26-,27+,28-/m1/s1. The van der Waals surface area contributed by atoms with Crippen molar-refractivity contribution in [1.82, 2.24) is 0 Å². The first kappa shape index (κ1) is 29.6. The average Bonchev–Trinajstić information content (AvgIpc) is 3.13. The van der Waals surface area contributed by atoms with Gasteiger partial charge >= 0.3 is 17.9 Å². The minimum absolute atomic E-state index is 0.0164. The predicted molar refractivity (Wildman–Crippen MR) is 134 cm³/mol. The zero-order chi connectivity index (χ0) is 27.9. The number of aliphatic hydroxyl groups excluding tert-OH is 1. The highest BCUT2D eigenvalue weighted by Crippen LogP contribution is 2.56. The number of esters is 3. The van der Waals surface area contributed by atoms with E-state index >= 15 is 0 Å². The van der Waals surface area contributed by atoms with E-state index in [1.807, 2.05) is 27.7 Å². The van der Waals surface area contributed by atoms with Gasteiger partial charge in [0, 0.05) is 44.4 Å². The van der Waals surface area contributed by atoms with Crippen LogP contribution >= 0.6 is 0 Å². The van der Waals surface area contributed by atoms with Crippen LogP contribution in [0, 0.1) is 23.7 Å². The highest BCUT2D eigenvalue weighted by Gasteiger charge is 2.64. The zero-order valence-corrected chi connectivity index (χ0v) is 23.2. The van der Waals surface area contributed by atoms with Gasteiger partial charge in [-0.25, -0.2) is 0 Å². The first-order valence-corrected chi connectivity index (χ1v) is 13.4. The van der Waals surface area contributed by atoms with Crippen molar-refractivity contribution >= 4 is 17.9 Å². The second-order valence-electron chi connectivity index (χ2n) is 11.8. The van der Waals surface area contributed by atoms with Crippen LogP contribution in [-0.2, 0) is 33.3 Å². The van der Waals surface area contributed by atoms with E-state index in [2.05, 4.69) is 6.58 Å². The van der Waals surface area contributed by atoms with Gasteiger partial charge in [-0.05, 0) is 44.6 Å². The number of rotatable bonds is 6. The number of carbonyl (C=O) groups excluding carboxylic acids is 3. The van der Waals surface area contributed by atoms with Crippen molar-refractivity contribution in [2.75, 3.05) is 0 Å². The van der Waals surface area contributed by atoms with E-state index in [1.165, 1.54) is 13.8 Å². The van der Waals surface area contributed by atoms with Crippen molar-refractivity contribution in [2.24, 2.45) is 23.7 Å². The first-order valence-electron chi connectivity index (χ1n) is 13.4. The van der Waals surface area contributed by atoms with Crippen molar-refractivity contribution in [3.8, 4) is 0 Å². The smallest absolute Gasteiger partial charge is 0.306 e. The summed E-state index contributed by atoms with van der Waals surface area (Å²) in [5.41, 5.74) is -2.11. The molecule has 210 valence electrons. The van der Waals surface area contributed by atoms with Gasteiger partial charge in [0.15, 0.2) is 0 Å². The Bertz CT molecular complexity index is 896. The summed E-state index contributed by atoms with van der Waals surface area (Å²) in [6, 6.07) is 0. The SMILES string of the molecule is C=C1[C@H]2[C@@H]([C@@H](C(C)C)[C@H](OC(C)=O)[C@@H]1O)[C@H]1O[C@@H]2C[C@](C)(O)[C@@H](OC(C)=O)CC[C@@]1(C)OC(=O)CCC. The summed E-state index contributed by atoms with van der Waals surface area (Å²) in [4.78, 5) is 36.7. The Morgan fingerprint density at radius 3 is 2.32 bits per heavy atom. The Hall–Kier alpha value is -1.97. The lowest BCUT2D eigenvalue weighted by Gasteiger charge is -2.50. The molecule has 2 bridgehead atoms. The van der Waals surface area contributed by atoms with Crippen LogP contribution in [0.4, 0.5) is 0 Å². The molecule has 2 saturated heterocycles. The van der Waals surface area contributed by atoms with Crippen molar-refractivity contribution in [3.63, 3.8) is 0 Å². The van der Waals surface area contributed by atoms with Crippen LogP contribution in [0.2, 0.25) is 0 Å². The Balaban J connectivity index is 2.15. The van der Waals surface area contributed by atoms with Crippen LogP contribution in [0.15, 0.2) is 12.2 Å². The molecule has 3 fully saturated rings. The third kappa shape index (κ3) is 5.88. The second-order valence-corrected chi connectivity index (χ2v) is 11.8. The van der Waals surface area contributed by atoms with Crippen LogP contribution in [0.25, 0.3) is 0 Å². The lowest BCUT2D eigenvalue weighted by molar-refractivity contribution is -0.188. The Labute approximate surface area is 219 Å². The maximum absolute atomic E-state index is 12.8. The summed E-state index contributed by atoms with van der Waals surface area (Å²) in [6.45, 7) is 16.1. The van der Waals surface area contributed by atoms with E-state index < -0.39 is 59.6 Å². The number of fused-ring (bicyclic) bond motifs is 5. The van der Waals surface area contributed by atoms with Crippen LogP contribution in [0.3, 0.4) is 0 Å². The summed E-state index contributed by atoms with van der Waals surface area (Å²) in [5, 5.41) is 22.8. The molecule has 1 saturated carbocycles. The number of carbonyl (C=O) groups is 3. The van der Waals surface area contributed by atoms with Gasteiger partial charge in [0.1, 0.15) is 35.6 Å². The van der Waals surface area contributed by atoms with Crippen molar-refractivity contribution in [1.29, 1.82) is 0 Å². The molecule has 9 nitrogen and oxygen atoms in total. The van der Waals surface area contributed by atoms with Gasteiger partial charge < -0.3 is 29.2 Å². The van der Waals surface area contributed by atoms with Gasteiger partial charge in [-0.15, -0.1) is 0 Å². The molecule has 0 radical (unpaired) electrons. The van der Waals surface area contributed by atoms with Crippen LogP contribution in [0.1, 0.15) is 80.6 Å². The van der Waals surface area contributed by atoms with Crippen molar-refractivity contribution < 1.29 is 43.5 Å². The maximum Gasteiger partial charge on any atom is 0.306 e. The van der Waals surface area contributed by atoms with Gasteiger partial charge in [0.05, 0.1) is 6.10 Å². The molecule has 9 heteroatoms. The molecule has 3 aliphatic rings. The Morgan fingerprint density at radius 1 is 1.16 bits per heavy atom. The van der Waals surface area contributed by atoms with Gasteiger partial charge in [0.2, 0.25) is 0 Å². The lowest BCUT2D eigenvalue weighted by atomic mass is 9.58. The van der Waals surface area contributed by atoms with E-state index in [0.717, 1.165) is 0 Å². The first-order chi connectivity index (χ1) is 17.1. The predicted octanol–water partition coefficient (Wildman–Crippen LogP) is 3.09. The third-order valence-electron chi connectivity index (χ3n) is 8.42. The van der Waals surface area contributed by atoms with Gasteiger partial charge in [-0.2, -0.15) is 0 Å². The van der Waals surface area contributed by atoms with Crippen molar-refractivity contribution in [2.45, 2.75) is 122 Å². The van der Waals surface area contributed by atoms with Crippen LogP contribution in [-0.4, -0.2) is 69.8 Å². The Kier molecular flexibility index (Phi) is 8.82. The summed E-state index contributed by atoms with van der Waals surface area (Å²) in [5.74, 6) is -2.41. The highest BCUT2D eigenvalue weighted by atomic mass is 16.6. The van der Waals surface area contributed by atoms with Crippen molar-refractivity contribution in [3.05, 3.63) is 12.2 Å². The van der Waals surface area contributed by atoms with Crippen LogP contribution in [0.5, 0.6) is 0 Å². The summed E-state index contributed by atoms with van der Waals surface area (Å²) in [6.07, 6.45) is -2.49. The quantitative estimate of drug-likeness (QED) is 0.306. The largest absolute Gasteiger partial charge is 0.460 e. The molecular weight excluding hydrogens is 480 g/mol. The average molecular weight is 525 g/mol. The number of aliphatic hydroxyl groups is 2. The van der Waals surface area contributed by atoms with Crippen LogP contribution < -0.4 is 0 Å². The zero-order valence-electron chi connectivity index (χ0n) is 23.2. The molecule has 1 aliphatic carbocycles. The van der Waals surface area contributed by atoms with Gasteiger partial charge in [-0.3, -0.25) is 14.4 Å². The molecular formula is C28H44O9. The summed E-state index contributed by atoms with van der Waals surface area (Å²) < 4.78 is 24.0. The fourth-order valence-corrected chi connectivity index (χ4v) is 6.87. The van der Waals surface area contributed by atoms with E-state index in [4.69, 9.17) is 18.9 Å². The number of hydrogen-bond acceptors (Lipinski definition) is 9. The molecule has 0 unspecified atom stereocenters. The molecule has 0 amide bonds. The van der Waals surface area contributed by atoms with Gasteiger partial charge in [-0.1, -0.05) is 27.4 Å². The molecule has 10 atom stereocenters. The number of ether oxygens (including phenoxy) is 4. The topological polar surface area (TPSA) is 129 Å². The molecule has 37 heavy (non-hydrogen) atoms. The maximum atomic E-state index is 12.8. The fourth-order valence-electron chi connectivity index (χ4n) is 6.87. The second kappa shape index (κ2) is 11.0. The van der Waals surface area contributed by atoms with E-state index in [1.54, 1.807) is 6.92 Å². The molecule has 0 aromatic rings. The normalized spacial score (nSPS) is 41.7. The molecule has 3 rings (SSSR count). The molecule has 0 aromatic heterocycles. The third-order valence-corrected chi connectivity index (χ3v) is 8.42. The van der Waals surface area contributed by atoms with E-state index in [0.29, 0.717) is 12.0 Å².